The van der Waals surface area contributed by atoms with Crippen molar-refractivity contribution >= 4 is 38.5 Å². The van der Waals surface area contributed by atoms with Crippen LogP contribution in [0.2, 0.25) is 38.3 Å². The van der Waals surface area contributed by atoms with Crippen molar-refractivity contribution in [2.45, 2.75) is 38.3 Å². The molecular formula is C26H36O4Si2. The lowest BCUT2D eigenvalue weighted by Crippen LogP contribution is -2.41. The number of hydrogen-bond donors (Lipinski definition) is 0. The van der Waals surface area contributed by atoms with Gasteiger partial charge in [0.05, 0.1) is 30.4 Å². The summed E-state index contributed by atoms with van der Waals surface area (Å²) in [6, 6.07) is 22.1. The van der Waals surface area contributed by atoms with Crippen molar-refractivity contribution in [3.05, 3.63) is 85.0 Å². The molecule has 0 saturated carbocycles. The predicted molar refractivity (Wildman–Crippen MR) is 139 cm³/mol. The quantitative estimate of drug-likeness (QED) is 0.321. The summed E-state index contributed by atoms with van der Waals surface area (Å²) in [4.78, 5) is 22.6. The molecule has 0 heterocycles. The highest BCUT2D eigenvalue weighted by Gasteiger charge is 2.27. The van der Waals surface area contributed by atoms with E-state index in [0.29, 0.717) is 11.1 Å². The lowest BCUT2D eigenvalue weighted by Gasteiger charge is -2.23. The molecule has 0 aromatic heterocycles. The topological polar surface area (TPSA) is 52.6 Å². The summed E-state index contributed by atoms with van der Waals surface area (Å²) in [5.41, 5.74) is 1.14. The van der Waals surface area contributed by atoms with E-state index < -0.39 is 16.1 Å². The third kappa shape index (κ3) is 8.44. The predicted octanol–water partition coefficient (Wildman–Crippen LogP) is 4.66. The Morgan fingerprint density at radius 3 is 1.19 bits per heavy atom. The number of benzene rings is 2. The summed E-state index contributed by atoms with van der Waals surface area (Å²) >= 11 is 0. The molecule has 2 rings (SSSR count). The Bertz CT molecular complexity index is 842. The van der Waals surface area contributed by atoms with Crippen LogP contribution >= 0.6 is 0 Å². The molecule has 0 radical (unpaired) electrons. The molecule has 0 spiro atoms. The van der Waals surface area contributed by atoms with Crippen molar-refractivity contribution in [2.24, 2.45) is 0 Å². The molecule has 0 aliphatic heterocycles. The van der Waals surface area contributed by atoms with Gasteiger partial charge in [0, 0.05) is 11.1 Å². The first kappa shape index (κ1) is 27.3. The number of methoxy groups -OCH3 is 2. The second-order valence-corrected chi connectivity index (χ2v) is 18.4. The van der Waals surface area contributed by atoms with Gasteiger partial charge >= 0.3 is 11.9 Å². The monoisotopic (exact) mass is 468 g/mol. The third-order valence-electron chi connectivity index (χ3n) is 5.37. The Labute approximate surface area is 195 Å². The zero-order valence-electron chi connectivity index (χ0n) is 20.2. The fraction of sp³-hybridized carbons (Fsp3) is 0.308. The molecule has 6 heteroatoms. The number of hydrogen-bond acceptors (Lipinski definition) is 4. The second kappa shape index (κ2) is 12.4. The van der Waals surface area contributed by atoms with E-state index in [1.165, 1.54) is 24.6 Å². The van der Waals surface area contributed by atoms with Gasteiger partial charge in [0.2, 0.25) is 0 Å². The smallest absolute Gasteiger partial charge is 0.332 e. The molecule has 0 aliphatic rings. The lowest BCUT2D eigenvalue weighted by molar-refractivity contribution is -0.136. The molecule has 0 amide bonds. The molecule has 32 heavy (non-hydrogen) atoms. The van der Waals surface area contributed by atoms with E-state index in [-0.39, 0.29) is 11.9 Å². The number of ether oxygens (including phenoxy) is 2. The van der Waals surface area contributed by atoms with Gasteiger partial charge in [0.1, 0.15) is 0 Å². The summed E-state index contributed by atoms with van der Waals surface area (Å²) in [7, 11) is -0.457. The minimum absolute atomic E-state index is 0.295. The third-order valence-corrected chi connectivity index (χ3v) is 11.8. The van der Waals surface area contributed by atoms with Gasteiger partial charge in [0.25, 0.3) is 0 Å². The van der Waals surface area contributed by atoms with E-state index >= 15 is 0 Å². The van der Waals surface area contributed by atoms with Gasteiger partial charge < -0.3 is 9.47 Å². The summed E-state index contributed by atoms with van der Waals surface area (Å²) in [5.74, 6) is -0.590. The van der Waals surface area contributed by atoms with Crippen LogP contribution in [-0.2, 0) is 19.1 Å². The van der Waals surface area contributed by atoms with E-state index in [0.717, 1.165) is 12.1 Å². The second-order valence-electron chi connectivity index (χ2n) is 9.04. The van der Waals surface area contributed by atoms with Crippen LogP contribution in [0.5, 0.6) is 0 Å². The molecule has 0 bridgehead atoms. The average Bonchev–Trinajstić information content (AvgIpc) is 2.78. The normalized spacial score (nSPS) is 10.9. The SMILES string of the molecule is C=C(C[Si](C)(C)c1ccccc1)C(=O)OC.C=C(C[Si](C)(C)c1ccccc1)C(=O)OC. The van der Waals surface area contributed by atoms with Gasteiger partial charge in [-0.25, -0.2) is 9.59 Å². The molecule has 2 aromatic rings. The average molecular weight is 469 g/mol. The molecule has 4 nitrogen and oxygen atoms in total. The minimum atomic E-state index is -1.62. The highest BCUT2D eigenvalue weighted by Crippen LogP contribution is 2.17. The first-order valence-corrected chi connectivity index (χ1v) is 17.0. The first-order chi connectivity index (χ1) is 14.9. The van der Waals surface area contributed by atoms with E-state index in [4.69, 9.17) is 0 Å². The summed E-state index contributed by atoms with van der Waals surface area (Å²) in [6.45, 7) is 16.5. The molecular weight excluding hydrogens is 432 g/mol. The zero-order valence-corrected chi connectivity index (χ0v) is 22.2. The van der Waals surface area contributed by atoms with Crippen LogP contribution in [0.25, 0.3) is 0 Å². The number of esters is 2. The van der Waals surface area contributed by atoms with Crippen LogP contribution in [-0.4, -0.2) is 42.3 Å². The Hall–Kier alpha value is -2.71. The Morgan fingerprint density at radius 2 is 0.938 bits per heavy atom. The van der Waals surface area contributed by atoms with Gasteiger partial charge in [-0.3, -0.25) is 0 Å². The van der Waals surface area contributed by atoms with Crippen LogP contribution in [0, 0.1) is 0 Å². The van der Waals surface area contributed by atoms with Gasteiger partial charge in [-0.2, -0.15) is 0 Å². The molecule has 0 saturated heterocycles. The Morgan fingerprint density at radius 1 is 0.656 bits per heavy atom. The van der Waals surface area contributed by atoms with Gasteiger partial charge in [-0.05, 0) is 12.1 Å². The lowest BCUT2D eigenvalue weighted by atomic mass is 10.3. The standard InChI is InChI=1S/2C13H18O2Si/c2*1-11(13(14)15-2)10-16(3,4)12-8-6-5-7-9-12/h2*5-9H,1,10H2,2-4H3. The van der Waals surface area contributed by atoms with Gasteiger partial charge in [-0.1, -0.05) is 110 Å². The first-order valence-electron chi connectivity index (χ1n) is 10.6. The maximum Gasteiger partial charge on any atom is 0.332 e. The molecule has 0 aliphatic carbocycles. The zero-order chi connectivity index (χ0) is 24.4. The Kier molecular flexibility index (Phi) is 10.6. The van der Waals surface area contributed by atoms with Crippen molar-refractivity contribution < 1.29 is 19.1 Å². The van der Waals surface area contributed by atoms with E-state index in [9.17, 15) is 9.59 Å². The van der Waals surface area contributed by atoms with Crippen LogP contribution in [0.4, 0.5) is 0 Å². The number of rotatable bonds is 8. The van der Waals surface area contributed by atoms with Gasteiger partial charge in [-0.15, -0.1) is 0 Å². The van der Waals surface area contributed by atoms with Crippen molar-refractivity contribution in [3.63, 3.8) is 0 Å². The highest BCUT2D eigenvalue weighted by atomic mass is 28.3. The van der Waals surface area contributed by atoms with Crippen LogP contribution in [0.1, 0.15) is 0 Å². The largest absolute Gasteiger partial charge is 0.466 e. The molecule has 0 atom stereocenters. The fourth-order valence-corrected chi connectivity index (χ4v) is 8.50. The summed E-state index contributed by atoms with van der Waals surface area (Å²) in [5, 5.41) is 2.67. The number of carbonyl (C=O) groups excluding carboxylic acids is 2. The highest BCUT2D eigenvalue weighted by molar-refractivity contribution is 6.91. The fourth-order valence-electron chi connectivity index (χ4n) is 3.48. The molecule has 0 fully saturated rings. The van der Waals surface area contributed by atoms with Crippen molar-refractivity contribution in [1.29, 1.82) is 0 Å². The maximum atomic E-state index is 11.3. The molecule has 0 unspecified atom stereocenters. The number of carbonyl (C=O) groups is 2. The van der Waals surface area contributed by atoms with Crippen molar-refractivity contribution in [1.82, 2.24) is 0 Å². The van der Waals surface area contributed by atoms with Crippen LogP contribution in [0.3, 0.4) is 0 Å². The van der Waals surface area contributed by atoms with Crippen molar-refractivity contribution in [2.75, 3.05) is 14.2 Å². The summed E-state index contributed by atoms with van der Waals surface area (Å²) in [6.07, 6.45) is 0. The Balaban J connectivity index is 0.000000320. The van der Waals surface area contributed by atoms with Crippen LogP contribution in [0.15, 0.2) is 85.0 Å². The van der Waals surface area contributed by atoms with Gasteiger partial charge in [0.15, 0.2) is 0 Å². The molecule has 2 aromatic carbocycles. The summed E-state index contributed by atoms with van der Waals surface area (Å²) < 4.78 is 9.35. The van der Waals surface area contributed by atoms with Crippen LogP contribution < -0.4 is 10.4 Å². The van der Waals surface area contributed by atoms with Crippen molar-refractivity contribution in [3.8, 4) is 0 Å². The van der Waals surface area contributed by atoms with E-state index in [1.807, 2.05) is 36.4 Å². The van der Waals surface area contributed by atoms with E-state index in [1.54, 1.807) is 0 Å². The molecule has 0 N–H and O–H groups in total. The maximum absolute atomic E-state index is 11.3. The van der Waals surface area contributed by atoms with E-state index in [2.05, 4.69) is 73.1 Å². The molecule has 172 valence electrons. The minimum Gasteiger partial charge on any atom is -0.466 e.